The van der Waals surface area contributed by atoms with Crippen molar-refractivity contribution in [2.24, 2.45) is 0 Å². The van der Waals surface area contributed by atoms with Crippen molar-refractivity contribution in [3.05, 3.63) is 73.1 Å². The van der Waals surface area contributed by atoms with Gasteiger partial charge in [-0.05, 0) is 71.8 Å². The first kappa shape index (κ1) is 23.1. The first-order valence-electron chi connectivity index (χ1n) is 10.2. The molecule has 7 nitrogen and oxygen atoms in total. The molecule has 0 fully saturated rings. The molecule has 9 heteroatoms. The minimum absolute atomic E-state index is 0.0107. The summed E-state index contributed by atoms with van der Waals surface area (Å²) in [5.74, 6) is 0.381. The molecule has 1 N–H and O–H groups in total. The molecule has 0 aliphatic rings. The molecular formula is C22H25ClN4O3S. The van der Waals surface area contributed by atoms with E-state index in [-0.39, 0.29) is 22.4 Å². The summed E-state index contributed by atoms with van der Waals surface area (Å²) in [5.41, 5.74) is 2.08. The van der Waals surface area contributed by atoms with E-state index in [9.17, 15) is 14.9 Å². The number of hydrogen-bond acceptors (Lipinski definition) is 5. The standard InChI is InChI=1S/C22H25ClN4O3S/c1-5-14(6-2)15-7-10-20(19(11-15)27(29)30)31-22-25-24-21(28)26(22)18-9-8-16(23)12-17(18)13(3)4/h7-14H,5-6H2,1-4H3,(H,24,28). The Kier molecular flexibility index (Phi) is 7.23. The van der Waals surface area contributed by atoms with Crippen molar-refractivity contribution < 1.29 is 4.92 Å². The normalized spacial score (nSPS) is 11.5. The summed E-state index contributed by atoms with van der Waals surface area (Å²) in [4.78, 5) is 24.4. The number of halogens is 1. The van der Waals surface area contributed by atoms with E-state index < -0.39 is 5.69 Å². The summed E-state index contributed by atoms with van der Waals surface area (Å²) in [7, 11) is 0. The highest BCUT2D eigenvalue weighted by Gasteiger charge is 2.23. The van der Waals surface area contributed by atoms with Crippen LogP contribution < -0.4 is 5.69 Å². The maximum Gasteiger partial charge on any atom is 0.348 e. The van der Waals surface area contributed by atoms with Crippen LogP contribution in [0, 0.1) is 10.1 Å². The molecule has 164 valence electrons. The van der Waals surface area contributed by atoms with Crippen LogP contribution in [-0.4, -0.2) is 19.7 Å². The van der Waals surface area contributed by atoms with Crippen molar-refractivity contribution in [1.29, 1.82) is 0 Å². The van der Waals surface area contributed by atoms with Gasteiger partial charge in [-0.1, -0.05) is 45.4 Å². The third kappa shape index (κ3) is 4.85. The van der Waals surface area contributed by atoms with E-state index in [1.54, 1.807) is 24.3 Å². The van der Waals surface area contributed by atoms with Crippen LogP contribution >= 0.6 is 23.4 Å². The molecule has 0 radical (unpaired) electrons. The maximum atomic E-state index is 12.6. The Labute approximate surface area is 190 Å². The minimum Gasteiger partial charge on any atom is -0.258 e. The van der Waals surface area contributed by atoms with Crippen LogP contribution in [0.25, 0.3) is 5.69 Å². The number of nitro groups is 1. The van der Waals surface area contributed by atoms with Gasteiger partial charge in [-0.15, -0.1) is 5.10 Å². The van der Waals surface area contributed by atoms with E-state index in [1.807, 2.05) is 26.0 Å². The molecule has 0 spiro atoms. The van der Waals surface area contributed by atoms with E-state index in [0.717, 1.165) is 35.7 Å². The van der Waals surface area contributed by atoms with Crippen molar-refractivity contribution >= 4 is 29.1 Å². The molecular weight excluding hydrogens is 436 g/mol. The van der Waals surface area contributed by atoms with E-state index in [1.165, 1.54) is 4.57 Å². The molecule has 0 amide bonds. The van der Waals surface area contributed by atoms with Gasteiger partial charge in [0, 0.05) is 11.1 Å². The van der Waals surface area contributed by atoms with Crippen molar-refractivity contribution in [3.8, 4) is 5.69 Å². The number of H-pyrrole nitrogens is 1. The summed E-state index contributed by atoms with van der Waals surface area (Å²) >= 11 is 7.25. The molecule has 2 aromatic carbocycles. The van der Waals surface area contributed by atoms with Crippen LogP contribution in [0.3, 0.4) is 0 Å². The van der Waals surface area contributed by atoms with Gasteiger partial charge in [-0.3, -0.25) is 10.1 Å². The maximum absolute atomic E-state index is 12.6. The van der Waals surface area contributed by atoms with Crippen molar-refractivity contribution in [1.82, 2.24) is 14.8 Å². The van der Waals surface area contributed by atoms with Gasteiger partial charge in [0.1, 0.15) is 0 Å². The van der Waals surface area contributed by atoms with Gasteiger partial charge >= 0.3 is 5.69 Å². The smallest absolute Gasteiger partial charge is 0.258 e. The van der Waals surface area contributed by atoms with E-state index in [4.69, 9.17) is 11.6 Å². The van der Waals surface area contributed by atoms with Crippen LogP contribution in [0.5, 0.6) is 0 Å². The number of hydrogen-bond donors (Lipinski definition) is 1. The molecule has 31 heavy (non-hydrogen) atoms. The zero-order chi connectivity index (χ0) is 22.7. The number of aromatic nitrogens is 3. The lowest BCUT2D eigenvalue weighted by atomic mass is 9.94. The van der Waals surface area contributed by atoms with Gasteiger partial charge in [-0.2, -0.15) is 0 Å². The molecule has 1 heterocycles. The molecule has 0 saturated carbocycles. The Balaban J connectivity index is 2.09. The van der Waals surface area contributed by atoms with Crippen LogP contribution in [0.1, 0.15) is 63.5 Å². The third-order valence-electron chi connectivity index (χ3n) is 5.33. The van der Waals surface area contributed by atoms with Gasteiger partial charge in [0.25, 0.3) is 5.69 Å². The highest BCUT2D eigenvalue weighted by Crippen LogP contribution is 2.38. The number of benzene rings is 2. The van der Waals surface area contributed by atoms with Crippen LogP contribution in [0.4, 0.5) is 5.69 Å². The Bertz CT molecular complexity index is 1150. The summed E-state index contributed by atoms with van der Waals surface area (Å²) in [6, 6.07) is 10.6. The quantitative estimate of drug-likeness (QED) is 0.314. The molecule has 0 unspecified atom stereocenters. The predicted molar refractivity (Wildman–Crippen MR) is 124 cm³/mol. The summed E-state index contributed by atoms with van der Waals surface area (Å²) in [6.07, 6.45) is 1.82. The van der Waals surface area contributed by atoms with Gasteiger partial charge in [0.15, 0.2) is 0 Å². The largest absolute Gasteiger partial charge is 0.348 e. The molecule has 0 aliphatic heterocycles. The lowest BCUT2D eigenvalue weighted by molar-refractivity contribution is -0.387. The average Bonchev–Trinajstić information content (AvgIpc) is 3.09. The van der Waals surface area contributed by atoms with Crippen LogP contribution in [0.15, 0.2) is 51.2 Å². The topological polar surface area (TPSA) is 93.8 Å². The van der Waals surface area contributed by atoms with E-state index in [0.29, 0.717) is 20.8 Å². The second kappa shape index (κ2) is 9.70. The van der Waals surface area contributed by atoms with E-state index >= 15 is 0 Å². The Morgan fingerprint density at radius 1 is 1.19 bits per heavy atom. The molecule has 0 aliphatic carbocycles. The first-order valence-corrected chi connectivity index (χ1v) is 11.4. The summed E-state index contributed by atoms with van der Waals surface area (Å²) in [6.45, 7) is 8.16. The molecule has 3 aromatic rings. The minimum atomic E-state index is -0.414. The lowest BCUT2D eigenvalue weighted by Gasteiger charge is -2.15. The summed E-state index contributed by atoms with van der Waals surface area (Å²) < 4.78 is 1.44. The summed E-state index contributed by atoms with van der Waals surface area (Å²) in [5, 5.41) is 19.3. The van der Waals surface area contributed by atoms with Crippen molar-refractivity contribution in [2.45, 2.75) is 62.4 Å². The van der Waals surface area contributed by atoms with Crippen molar-refractivity contribution in [3.63, 3.8) is 0 Å². The molecule has 0 saturated heterocycles. The molecule has 0 bridgehead atoms. The second-order valence-electron chi connectivity index (χ2n) is 7.60. The van der Waals surface area contributed by atoms with Gasteiger partial charge in [0.05, 0.1) is 15.5 Å². The number of aromatic amines is 1. The second-order valence-corrected chi connectivity index (χ2v) is 9.05. The zero-order valence-electron chi connectivity index (χ0n) is 17.9. The Morgan fingerprint density at radius 3 is 2.52 bits per heavy atom. The van der Waals surface area contributed by atoms with Crippen molar-refractivity contribution in [2.75, 3.05) is 0 Å². The predicted octanol–water partition coefficient (Wildman–Crippen LogP) is 6.30. The van der Waals surface area contributed by atoms with Gasteiger partial charge < -0.3 is 0 Å². The number of nitrogens with one attached hydrogen (secondary N) is 1. The number of nitro benzene ring substituents is 1. The monoisotopic (exact) mass is 460 g/mol. The fourth-order valence-electron chi connectivity index (χ4n) is 3.63. The average molecular weight is 461 g/mol. The fourth-order valence-corrected chi connectivity index (χ4v) is 4.75. The van der Waals surface area contributed by atoms with Gasteiger partial charge in [-0.25, -0.2) is 14.5 Å². The highest BCUT2D eigenvalue weighted by molar-refractivity contribution is 7.99. The number of nitrogens with zero attached hydrogens (tertiary/aromatic N) is 3. The fraction of sp³-hybridized carbons (Fsp3) is 0.364. The molecule has 3 rings (SSSR count). The van der Waals surface area contributed by atoms with Crippen LogP contribution in [0.2, 0.25) is 5.02 Å². The third-order valence-corrected chi connectivity index (χ3v) is 6.59. The lowest BCUT2D eigenvalue weighted by Crippen LogP contribution is -2.17. The molecule has 1 aromatic heterocycles. The Morgan fingerprint density at radius 2 is 1.90 bits per heavy atom. The first-order chi connectivity index (χ1) is 14.8. The highest BCUT2D eigenvalue weighted by atomic mass is 35.5. The van der Waals surface area contributed by atoms with Gasteiger partial charge in [0.2, 0.25) is 5.16 Å². The Hall–Kier alpha value is -2.58. The van der Waals surface area contributed by atoms with Crippen LogP contribution in [-0.2, 0) is 0 Å². The molecule has 0 atom stereocenters. The zero-order valence-corrected chi connectivity index (χ0v) is 19.5. The SMILES string of the molecule is CCC(CC)c1ccc(Sc2n[nH]c(=O)n2-c2ccc(Cl)cc2C(C)C)c([N+](=O)[O-])c1. The number of rotatable bonds is 8. The van der Waals surface area contributed by atoms with E-state index in [2.05, 4.69) is 24.0 Å².